The van der Waals surface area contributed by atoms with Crippen molar-refractivity contribution in [2.75, 3.05) is 16.4 Å². The van der Waals surface area contributed by atoms with Gasteiger partial charge >= 0.3 is 0 Å². The molecule has 0 aliphatic heterocycles. The highest BCUT2D eigenvalue weighted by Crippen LogP contribution is 2.26. The zero-order valence-corrected chi connectivity index (χ0v) is 13.7. The van der Waals surface area contributed by atoms with E-state index in [0.29, 0.717) is 0 Å². The minimum atomic E-state index is -3.94. The Kier molecular flexibility index (Phi) is 5.68. The van der Waals surface area contributed by atoms with Gasteiger partial charge < -0.3 is 0 Å². The molecule has 0 saturated carbocycles. The summed E-state index contributed by atoms with van der Waals surface area (Å²) in [6.45, 7) is 1.68. The van der Waals surface area contributed by atoms with Crippen LogP contribution >= 0.6 is 23.2 Å². The number of hydrogen-bond acceptors (Lipinski definition) is 4. The van der Waals surface area contributed by atoms with E-state index in [1.165, 1.54) is 12.1 Å². The zero-order chi connectivity index (χ0) is 15.6. The van der Waals surface area contributed by atoms with E-state index >= 15 is 0 Å². The molecule has 114 valence electrons. The molecule has 6 nitrogen and oxygen atoms in total. The Labute approximate surface area is 128 Å². The summed E-state index contributed by atoms with van der Waals surface area (Å²) < 4.78 is 48.4. The molecule has 3 N–H and O–H groups in total. The lowest BCUT2D eigenvalue weighted by molar-refractivity contribution is 0.587. The van der Waals surface area contributed by atoms with Crippen molar-refractivity contribution in [3.05, 3.63) is 23.2 Å². The van der Waals surface area contributed by atoms with Crippen molar-refractivity contribution in [3.63, 3.8) is 0 Å². The number of hydrogen-bond donors (Lipinski definition) is 2. The maximum absolute atomic E-state index is 11.9. The summed E-state index contributed by atoms with van der Waals surface area (Å²) in [5.41, 5.74) is -0.0417. The molecule has 0 amide bonds. The van der Waals surface area contributed by atoms with Crippen LogP contribution < -0.4 is 9.86 Å². The molecule has 1 rings (SSSR count). The largest absolute Gasteiger partial charge is 0.282 e. The molecule has 1 aromatic rings. The van der Waals surface area contributed by atoms with E-state index in [1.54, 1.807) is 6.92 Å². The molecule has 0 radical (unpaired) electrons. The lowest BCUT2D eigenvalue weighted by Gasteiger charge is -2.13. The lowest BCUT2D eigenvalue weighted by atomic mass is 10.3. The van der Waals surface area contributed by atoms with Crippen LogP contribution in [0.5, 0.6) is 0 Å². The predicted molar refractivity (Wildman–Crippen MR) is 80.1 cm³/mol. The number of nitrogens with two attached hydrogens (primary N) is 1. The van der Waals surface area contributed by atoms with Crippen molar-refractivity contribution < 1.29 is 16.8 Å². The number of halogens is 2. The van der Waals surface area contributed by atoms with Crippen molar-refractivity contribution in [1.29, 1.82) is 0 Å². The molecule has 0 saturated heterocycles. The second-order valence-electron chi connectivity index (χ2n) is 4.33. The zero-order valence-electron chi connectivity index (χ0n) is 10.5. The number of nitrogens with one attached hydrogen (secondary N) is 1. The second kappa shape index (κ2) is 6.48. The molecule has 1 unspecified atom stereocenters. The first-order chi connectivity index (χ1) is 9.05. The summed E-state index contributed by atoms with van der Waals surface area (Å²) in [6, 6.07) is 3.52. The van der Waals surface area contributed by atoms with E-state index in [0.717, 1.165) is 6.07 Å². The Morgan fingerprint density at radius 1 is 1.30 bits per heavy atom. The summed E-state index contributed by atoms with van der Waals surface area (Å²) in [4.78, 5) is -0.231. The van der Waals surface area contributed by atoms with Gasteiger partial charge in [-0.3, -0.25) is 4.72 Å². The van der Waals surface area contributed by atoms with Gasteiger partial charge in [-0.1, -0.05) is 18.5 Å². The second-order valence-corrected chi connectivity index (χ2v) is 8.37. The van der Waals surface area contributed by atoms with Gasteiger partial charge in [-0.2, -0.15) is 0 Å². The fourth-order valence-electron chi connectivity index (χ4n) is 1.39. The van der Waals surface area contributed by atoms with Gasteiger partial charge in [0.15, 0.2) is 0 Å². The van der Waals surface area contributed by atoms with Crippen LogP contribution in [0.15, 0.2) is 23.1 Å². The molecule has 0 bridgehead atoms. The highest BCUT2D eigenvalue weighted by Gasteiger charge is 2.18. The average Bonchev–Trinajstić information content (AvgIpc) is 2.29. The maximum atomic E-state index is 11.9. The van der Waals surface area contributed by atoms with Crippen molar-refractivity contribution >= 4 is 48.9 Å². The predicted octanol–water partition coefficient (Wildman–Crippen LogP) is 1.60. The quantitative estimate of drug-likeness (QED) is 0.751. The average molecular weight is 361 g/mol. The monoisotopic (exact) mass is 360 g/mol. The summed E-state index contributed by atoms with van der Waals surface area (Å²) in [7, 11) is -7.63. The van der Waals surface area contributed by atoms with E-state index in [-0.39, 0.29) is 33.2 Å². The van der Waals surface area contributed by atoms with Crippen LogP contribution in [0.4, 0.5) is 5.69 Å². The highest BCUT2D eigenvalue weighted by atomic mass is 35.5. The van der Waals surface area contributed by atoms with E-state index < -0.39 is 20.0 Å². The number of primary sulfonamides is 1. The van der Waals surface area contributed by atoms with Crippen molar-refractivity contribution in [1.82, 2.24) is 0 Å². The van der Waals surface area contributed by atoms with Gasteiger partial charge in [-0.25, -0.2) is 22.0 Å². The molecule has 0 aromatic heterocycles. The maximum Gasteiger partial charge on any atom is 0.238 e. The summed E-state index contributed by atoms with van der Waals surface area (Å²) in [5, 5.41) is 5.05. The third-order valence-corrected chi connectivity index (χ3v) is 5.61. The third kappa shape index (κ3) is 5.10. The van der Waals surface area contributed by atoms with E-state index in [4.69, 9.17) is 28.3 Å². The van der Waals surface area contributed by atoms with Crippen LogP contribution in [0.1, 0.15) is 6.92 Å². The van der Waals surface area contributed by atoms with Crippen LogP contribution in [-0.2, 0) is 20.0 Å². The molecular formula is C10H14Cl2N2O4S2. The van der Waals surface area contributed by atoms with E-state index in [1.807, 2.05) is 0 Å². The number of rotatable bonds is 6. The van der Waals surface area contributed by atoms with Crippen molar-refractivity contribution in [2.45, 2.75) is 11.8 Å². The van der Waals surface area contributed by atoms with Crippen molar-refractivity contribution in [2.24, 2.45) is 11.1 Å². The van der Waals surface area contributed by atoms with Crippen LogP contribution in [0.25, 0.3) is 0 Å². The highest BCUT2D eigenvalue weighted by molar-refractivity contribution is 7.92. The molecule has 0 heterocycles. The van der Waals surface area contributed by atoms with Crippen LogP contribution in [-0.4, -0.2) is 28.5 Å². The Morgan fingerprint density at radius 3 is 2.40 bits per heavy atom. The fraction of sp³-hybridized carbons (Fsp3) is 0.400. The Hall–Kier alpha value is -0.540. The molecular weight excluding hydrogens is 347 g/mol. The molecule has 10 heteroatoms. The number of alkyl halides is 1. The first-order valence-electron chi connectivity index (χ1n) is 5.44. The number of anilines is 1. The van der Waals surface area contributed by atoms with Crippen LogP contribution in [0.3, 0.4) is 0 Å². The van der Waals surface area contributed by atoms with Gasteiger partial charge in [-0.05, 0) is 24.1 Å². The summed E-state index contributed by atoms with van der Waals surface area (Å²) >= 11 is 11.4. The molecule has 1 atom stereocenters. The Bertz CT molecular complexity index is 689. The normalized spacial score (nSPS) is 14.0. The lowest BCUT2D eigenvalue weighted by Crippen LogP contribution is -2.22. The Balaban J connectivity index is 3.09. The standard InChI is InChI=1S/C10H14Cl2N2O4S2/c1-7(5-11)6-19(15,16)14-10-4-8(20(13,17)18)2-3-9(10)12/h2-4,7,14H,5-6H2,1H3,(H2,13,17,18). The van der Waals surface area contributed by atoms with Crippen molar-refractivity contribution in [3.8, 4) is 0 Å². The SMILES string of the molecule is CC(CCl)CS(=O)(=O)Nc1cc(S(N)(=O)=O)ccc1Cl. The van der Waals surface area contributed by atoms with Gasteiger partial charge in [-0.15, -0.1) is 11.6 Å². The topological polar surface area (TPSA) is 106 Å². The molecule has 0 aliphatic rings. The molecule has 0 spiro atoms. The van der Waals surface area contributed by atoms with Crippen LogP contribution in [0, 0.1) is 5.92 Å². The molecule has 0 fully saturated rings. The fourth-order valence-corrected chi connectivity index (χ4v) is 3.84. The van der Waals surface area contributed by atoms with Gasteiger partial charge in [0.2, 0.25) is 20.0 Å². The van der Waals surface area contributed by atoms with Gasteiger partial charge in [0.25, 0.3) is 0 Å². The molecule has 1 aromatic carbocycles. The first kappa shape index (κ1) is 17.5. The minimum Gasteiger partial charge on any atom is -0.282 e. The van der Waals surface area contributed by atoms with Crippen LogP contribution in [0.2, 0.25) is 5.02 Å². The Morgan fingerprint density at radius 2 is 1.90 bits per heavy atom. The van der Waals surface area contributed by atoms with E-state index in [2.05, 4.69) is 4.72 Å². The number of sulfonamides is 2. The number of benzene rings is 1. The van der Waals surface area contributed by atoms with Gasteiger partial charge in [0.05, 0.1) is 21.4 Å². The van der Waals surface area contributed by atoms with Gasteiger partial charge in [0, 0.05) is 5.88 Å². The summed E-state index contributed by atoms with van der Waals surface area (Å²) in [5.74, 6) is -0.271. The van der Waals surface area contributed by atoms with E-state index in [9.17, 15) is 16.8 Å². The first-order valence-corrected chi connectivity index (χ1v) is 9.55. The smallest absolute Gasteiger partial charge is 0.238 e. The summed E-state index contributed by atoms with van der Waals surface area (Å²) in [6.07, 6.45) is 0. The third-order valence-electron chi connectivity index (χ3n) is 2.30. The van der Waals surface area contributed by atoms with Gasteiger partial charge in [0.1, 0.15) is 0 Å². The minimum absolute atomic E-state index is 0.0417. The molecule has 20 heavy (non-hydrogen) atoms. The molecule has 0 aliphatic carbocycles.